The number of hydrogen-bond acceptors (Lipinski definition) is 2. The van der Waals surface area contributed by atoms with Crippen LogP contribution in [0.25, 0.3) is 0 Å². The lowest BCUT2D eigenvalue weighted by atomic mass is 10.1. The standard InChI is InChI=1S/C10H18N2/c1-3-6-12-9(2)11-7-4-5-10(12)8-11/h10H,2-8H2,1H3/t10-/m1/s1. The topological polar surface area (TPSA) is 6.48 Å². The molecule has 0 aliphatic carbocycles. The van der Waals surface area contributed by atoms with E-state index in [2.05, 4.69) is 23.3 Å². The summed E-state index contributed by atoms with van der Waals surface area (Å²) in [4.78, 5) is 4.93. The Morgan fingerprint density at radius 3 is 3.08 bits per heavy atom. The molecule has 2 aliphatic heterocycles. The molecule has 2 rings (SSSR count). The Bertz CT molecular complexity index is 188. The molecule has 2 heterocycles. The highest BCUT2D eigenvalue weighted by Crippen LogP contribution is 2.29. The van der Waals surface area contributed by atoms with Gasteiger partial charge in [0.15, 0.2) is 0 Å². The first kappa shape index (κ1) is 7.96. The normalized spacial score (nSPS) is 28.4. The summed E-state index contributed by atoms with van der Waals surface area (Å²) in [7, 11) is 0. The van der Waals surface area contributed by atoms with Crippen LogP contribution < -0.4 is 0 Å². The molecule has 0 aromatic rings. The fourth-order valence-electron chi connectivity index (χ4n) is 2.39. The van der Waals surface area contributed by atoms with E-state index in [-0.39, 0.29) is 0 Å². The second-order valence-electron chi connectivity index (χ2n) is 3.85. The molecule has 2 aliphatic rings. The Balaban J connectivity index is 2.08. The van der Waals surface area contributed by atoms with Gasteiger partial charge in [0.25, 0.3) is 0 Å². The van der Waals surface area contributed by atoms with Gasteiger partial charge in [-0.3, -0.25) is 0 Å². The molecule has 0 N–H and O–H groups in total. The molecule has 0 saturated carbocycles. The first-order chi connectivity index (χ1) is 5.83. The molecule has 0 amide bonds. The van der Waals surface area contributed by atoms with Crippen LogP contribution in [0.4, 0.5) is 0 Å². The lowest BCUT2D eigenvalue weighted by Gasteiger charge is -2.23. The zero-order chi connectivity index (χ0) is 8.55. The van der Waals surface area contributed by atoms with Crippen molar-refractivity contribution in [3.63, 3.8) is 0 Å². The summed E-state index contributed by atoms with van der Waals surface area (Å²) >= 11 is 0. The van der Waals surface area contributed by atoms with Crippen LogP contribution in [0.1, 0.15) is 26.2 Å². The average Bonchev–Trinajstić information content (AvgIpc) is 2.31. The predicted molar refractivity (Wildman–Crippen MR) is 50.7 cm³/mol. The first-order valence-electron chi connectivity index (χ1n) is 5.03. The number of rotatable bonds is 2. The highest BCUT2D eigenvalue weighted by atomic mass is 15.4. The second-order valence-corrected chi connectivity index (χ2v) is 3.85. The largest absolute Gasteiger partial charge is 0.357 e. The van der Waals surface area contributed by atoms with Crippen LogP contribution in [0.5, 0.6) is 0 Å². The number of hydrogen-bond donors (Lipinski definition) is 0. The Kier molecular flexibility index (Phi) is 1.99. The minimum atomic E-state index is 0.784. The third-order valence-corrected chi connectivity index (χ3v) is 3.00. The second kappa shape index (κ2) is 3.00. The van der Waals surface area contributed by atoms with Crippen LogP contribution in [0, 0.1) is 0 Å². The summed E-state index contributed by atoms with van der Waals surface area (Å²) in [5.74, 6) is 1.28. The van der Waals surface area contributed by atoms with E-state index < -0.39 is 0 Å². The van der Waals surface area contributed by atoms with Crippen LogP contribution in [-0.4, -0.2) is 35.5 Å². The molecule has 0 radical (unpaired) electrons. The van der Waals surface area contributed by atoms with Crippen LogP contribution in [0.15, 0.2) is 12.4 Å². The van der Waals surface area contributed by atoms with Crippen LogP contribution in [0.2, 0.25) is 0 Å². The smallest absolute Gasteiger partial charge is 0.0968 e. The summed E-state index contributed by atoms with van der Waals surface area (Å²) in [6.07, 6.45) is 3.96. The van der Waals surface area contributed by atoms with Gasteiger partial charge >= 0.3 is 0 Å². The average molecular weight is 166 g/mol. The third-order valence-electron chi connectivity index (χ3n) is 3.00. The van der Waals surface area contributed by atoms with Gasteiger partial charge in [-0.05, 0) is 19.3 Å². The predicted octanol–water partition coefficient (Wildman–Crippen LogP) is 1.65. The summed E-state index contributed by atoms with van der Waals surface area (Å²) in [6, 6.07) is 0.784. The van der Waals surface area contributed by atoms with Crippen LogP contribution >= 0.6 is 0 Å². The summed E-state index contributed by atoms with van der Waals surface area (Å²) in [6.45, 7) is 10.1. The summed E-state index contributed by atoms with van der Waals surface area (Å²) < 4.78 is 0. The third kappa shape index (κ3) is 1.10. The fourth-order valence-corrected chi connectivity index (χ4v) is 2.39. The van der Waals surface area contributed by atoms with E-state index in [0.29, 0.717) is 0 Å². The van der Waals surface area contributed by atoms with E-state index in [0.717, 1.165) is 6.04 Å². The fraction of sp³-hybridized carbons (Fsp3) is 0.800. The quantitative estimate of drug-likeness (QED) is 0.615. The minimum Gasteiger partial charge on any atom is -0.357 e. The highest BCUT2D eigenvalue weighted by Gasteiger charge is 2.34. The van der Waals surface area contributed by atoms with E-state index >= 15 is 0 Å². The molecule has 2 bridgehead atoms. The van der Waals surface area contributed by atoms with Gasteiger partial charge in [-0.15, -0.1) is 0 Å². The Hall–Kier alpha value is -0.660. The van der Waals surface area contributed by atoms with Gasteiger partial charge in [0.1, 0.15) is 0 Å². The highest BCUT2D eigenvalue weighted by molar-refractivity contribution is 5.07. The Labute approximate surface area is 74.8 Å². The minimum absolute atomic E-state index is 0.784. The van der Waals surface area contributed by atoms with Crippen molar-refractivity contribution in [3.8, 4) is 0 Å². The van der Waals surface area contributed by atoms with E-state index in [4.69, 9.17) is 0 Å². The maximum Gasteiger partial charge on any atom is 0.0968 e. The number of fused-ring (bicyclic) bond motifs is 2. The molecular formula is C10H18N2. The van der Waals surface area contributed by atoms with Gasteiger partial charge in [0.2, 0.25) is 0 Å². The van der Waals surface area contributed by atoms with E-state index in [1.165, 1.54) is 44.7 Å². The van der Waals surface area contributed by atoms with Crippen molar-refractivity contribution in [1.82, 2.24) is 9.80 Å². The molecule has 0 aromatic carbocycles. The van der Waals surface area contributed by atoms with E-state index in [1.54, 1.807) is 0 Å². The lowest BCUT2D eigenvalue weighted by Crippen LogP contribution is -2.31. The van der Waals surface area contributed by atoms with Gasteiger partial charge in [-0.2, -0.15) is 0 Å². The van der Waals surface area contributed by atoms with Crippen molar-refractivity contribution in [3.05, 3.63) is 12.4 Å². The lowest BCUT2D eigenvalue weighted by molar-refractivity contribution is 0.281. The molecule has 0 aromatic heterocycles. The number of piperidine rings is 1. The van der Waals surface area contributed by atoms with Gasteiger partial charge in [0, 0.05) is 25.7 Å². The molecule has 2 saturated heterocycles. The zero-order valence-corrected chi connectivity index (χ0v) is 7.92. The van der Waals surface area contributed by atoms with Gasteiger partial charge in [-0.25, -0.2) is 0 Å². The zero-order valence-electron chi connectivity index (χ0n) is 7.92. The van der Waals surface area contributed by atoms with E-state index in [9.17, 15) is 0 Å². The van der Waals surface area contributed by atoms with Crippen molar-refractivity contribution in [1.29, 1.82) is 0 Å². The van der Waals surface area contributed by atoms with Crippen molar-refractivity contribution >= 4 is 0 Å². The molecule has 68 valence electrons. The molecule has 12 heavy (non-hydrogen) atoms. The molecule has 2 fully saturated rings. The molecule has 0 spiro atoms. The maximum atomic E-state index is 4.15. The Morgan fingerprint density at radius 1 is 1.58 bits per heavy atom. The van der Waals surface area contributed by atoms with Crippen molar-refractivity contribution < 1.29 is 0 Å². The van der Waals surface area contributed by atoms with Gasteiger partial charge in [-0.1, -0.05) is 13.5 Å². The van der Waals surface area contributed by atoms with Crippen molar-refractivity contribution in [2.24, 2.45) is 0 Å². The Morgan fingerprint density at radius 2 is 2.42 bits per heavy atom. The summed E-state index contributed by atoms with van der Waals surface area (Å²) in [5.41, 5.74) is 0. The maximum absolute atomic E-state index is 4.15. The van der Waals surface area contributed by atoms with Crippen molar-refractivity contribution in [2.45, 2.75) is 32.2 Å². The first-order valence-corrected chi connectivity index (χ1v) is 5.03. The molecule has 0 unspecified atom stereocenters. The molecule has 2 nitrogen and oxygen atoms in total. The van der Waals surface area contributed by atoms with Crippen molar-refractivity contribution in [2.75, 3.05) is 19.6 Å². The molecular weight excluding hydrogens is 148 g/mol. The van der Waals surface area contributed by atoms with Gasteiger partial charge in [0.05, 0.1) is 5.82 Å². The van der Waals surface area contributed by atoms with Gasteiger partial charge < -0.3 is 9.80 Å². The number of nitrogens with zero attached hydrogens (tertiary/aromatic N) is 2. The molecule has 2 heteroatoms. The monoisotopic (exact) mass is 166 g/mol. The van der Waals surface area contributed by atoms with Crippen LogP contribution in [-0.2, 0) is 0 Å². The SMILES string of the molecule is C=C1N2CCC[C@H](C2)N1CCC. The molecule has 1 atom stereocenters. The summed E-state index contributed by atoms with van der Waals surface area (Å²) in [5, 5.41) is 0. The van der Waals surface area contributed by atoms with Crippen LogP contribution in [0.3, 0.4) is 0 Å². The van der Waals surface area contributed by atoms with E-state index in [1.807, 2.05) is 0 Å².